The van der Waals surface area contributed by atoms with Crippen molar-refractivity contribution in [2.45, 2.75) is 5.92 Å². The Kier molecular flexibility index (Phi) is 4.99. The normalized spacial score (nSPS) is 13.5. The van der Waals surface area contributed by atoms with E-state index in [1.54, 1.807) is 12.1 Å². The summed E-state index contributed by atoms with van der Waals surface area (Å²) in [6, 6.07) is 4.62. The summed E-state index contributed by atoms with van der Waals surface area (Å²) in [4.78, 5) is 34.3. The largest absolute Gasteiger partial charge is 0.468 e. The van der Waals surface area contributed by atoms with E-state index in [2.05, 4.69) is 9.47 Å². The molecule has 0 amide bonds. The Morgan fingerprint density at radius 3 is 2.39 bits per heavy atom. The summed E-state index contributed by atoms with van der Waals surface area (Å²) in [6.45, 7) is -0.607. The second-order valence-corrected chi connectivity index (χ2v) is 4.76. The number of hydrogen-bond donors (Lipinski definition) is 0. The fourth-order valence-electron chi connectivity index (χ4n) is 2.39. The van der Waals surface area contributed by atoms with E-state index in [9.17, 15) is 19.7 Å². The molecule has 1 aliphatic rings. The maximum absolute atomic E-state index is 11.9. The number of ether oxygens (including phenoxy) is 4. The van der Waals surface area contributed by atoms with E-state index in [1.807, 2.05) is 0 Å². The number of carbonyl (C=O) groups excluding carboxylic acids is 2. The Bertz CT molecular complexity index is 613. The van der Waals surface area contributed by atoms with Crippen LogP contribution in [0.1, 0.15) is 11.5 Å². The molecule has 1 aromatic carbocycles. The fraction of sp³-hybridized carbons (Fsp3) is 0.429. The zero-order chi connectivity index (χ0) is 17.0. The Morgan fingerprint density at radius 1 is 1.22 bits per heavy atom. The number of fused-ring (bicyclic) bond motifs is 1. The molecule has 0 radical (unpaired) electrons. The molecule has 0 bridgehead atoms. The van der Waals surface area contributed by atoms with Gasteiger partial charge in [0.1, 0.15) is 0 Å². The average Bonchev–Trinajstić information content (AvgIpc) is 3.00. The lowest BCUT2D eigenvalue weighted by atomic mass is 9.85. The number of benzene rings is 1. The highest BCUT2D eigenvalue weighted by Crippen LogP contribution is 2.37. The van der Waals surface area contributed by atoms with Crippen molar-refractivity contribution in [3.05, 3.63) is 33.9 Å². The first-order chi connectivity index (χ1) is 11.0. The minimum absolute atomic E-state index is 0.0378. The van der Waals surface area contributed by atoms with Crippen LogP contribution in [0, 0.1) is 16.0 Å². The highest BCUT2D eigenvalue weighted by atomic mass is 16.7. The zero-order valence-corrected chi connectivity index (χ0v) is 12.5. The van der Waals surface area contributed by atoms with Crippen LogP contribution in [0.2, 0.25) is 0 Å². The summed E-state index contributed by atoms with van der Waals surface area (Å²) in [7, 11) is 2.20. The molecule has 1 heterocycles. The molecule has 1 atom stereocenters. The topological polar surface area (TPSA) is 114 Å². The quantitative estimate of drug-likeness (QED) is 0.325. The van der Waals surface area contributed by atoms with Gasteiger partial charge in [-0.1, -0.05) is 6.07 Å². The van der Waals surface area contributed by atoms with Gasteiger partial charge in [-0.2, -0.15) is 0 Å². The van der Waals surface area contributed by atoms with Gasteiger partial charge in [0, 0.05) is 4.92 Å². The van der Waals surface area contributed by atoms with Crippen LogP contribution >= 0.6 is 0 Å². The van der Waals surface area contributed by atoms with Gasteiger partial charge in [0.2, 0.25) is 13.3 Å². The van der Waals surface area contributed by atoms with Gasteiger partial charge in [-0.25, -0.2) is 0 Å². The van der Waals surface area contributed by atoms with Crippen LogP contribution in [0.5, 0.6) is 11.5 Å². The average molecular weight is 325 g/mol. The monoisotopic (exact) mass is 325 g/mol. The van der Waals surface area contributed by atoms with Gasteiger partial charge in [-0.15, -0.1) is 0 Å². The van der Waals surface area contributed by atoms with Crippen LogP contribution in [0.3, 0.4) is 0 Å². The van der Waals surface area contributed by atoms with Gasteiger partial charge in [-0.05, 0) is 17.7 Å². The van der Waals surface area contributed by atoms with Crippen molar-refractivity contribution in [2.24, 2.45) is 5.92 Å². The molecule has 2 rings (SSSR count). The third-order valence-corrected chi connectivity index (χ3v) is 3.48. The Balaban J connectivity index is 2.43. The lowest BCUT2D eigenvalue weighted by molar-refractivity contribution is -0.484. The van der Waals surface area contributed by atoms with E-state index < -0.39 is 35.2 Å². The van der Waals surface area contributed by atoms with E-state index in [-0.39, 0.29) is 6.79 Å². The van der Waals surface area contributed by atoms with Gasteiger partial charge in [-0.3, -0.25) is 19.7 Å². The maximum atomic E-state index is 11.9. The number of nitrogens with zero attached hydrogens (tertiary/aromatic N) is 1. The first kappa shape index (κ1) is 16.5. The molecule has 0 saturated carbocycles. The van der Waals surface area contributed by atoms with Gasteiger partial charge in [0.25, 0.3) is 0 Å². The minimum Gasteiger partial charge on any atom is -0.468 e. The predicted molar refractivity (Wildman–Crippen MR) is 74.7 cm³/mol. The van der Waals surface area contributed by atoms with Crippen molar-refractivity contribution < 1.29 is 33.5 Å². The van der Waals surface area contributed by atoms with E-state index in [0.717, 1.165) is 14.2 Å². The minimum atomic E-state index is -1.45. The molecule has 0 fully saturated rings. The van der Waals surface area contributed by atoms with Crippen molar-refractivity contribution in [3.8, 4) is 11.5 Å². The van der Waals surface area contributed by atoms with Crippen LogP contribution in [0.4, 0.5) is 0 Å². The molecule has 0 saturated heterocycles. The molecule has 0 aliphatic carbocycles. The predicted octanol–water partition coefficient (Wildman–Crippen LogP) is 0.738. The van der Waals surface area contributed by atoms with Crippen LogP contribution in [0.15, 0.2) is 18.2 Å². The fourth-order valence-corrected chi connectivity index (χ4v) is 2.39. The summed E-state index contributed by atoms with van der Waals surface area (Å²) in [5.41, 5.74) is 0.381. The van der Waals surface area contributed by atoms with E-state index in [1.165, 1.54) is 6.07 Å². The summed E-state index contributed by atoms with van der Waals surface area (Å²) >= 11 is 0. The van der Waals surface area contributed by atoms with Crippen molar-refractivity contribution in [2.75, 3.05) is 27.6 Å². The second kappa shape index (κ2) is 6.95. The first-order valence-electron chi connectivity index (χ1n) is 6.65. The Morgan fingerprint density at radius 2 is 1.83 bits per heavy atom. The van der Waals surface area contributed by atoms with Crippen LogP contribution < -0.4 is 9.47 Å². The molecule has 0 aromatic heterocycles. The molecule has 0 N–H and O–H groups in total. The number of nitro groups is 1. The highest BCUT2D eigenvalue weighted by molar-refractivity contribution is 5.96. The molecular formula is C14H15NO8. The molecule has 124 valence electrons. The molecule has 9 heteroatoms. The summed E-state index contributed by atoms with van der Waals surface area (Å²) < 4.78 is 19.6. The third kappa shape index (κ3) is 3.50. The smallest absolute Gasteiger partial charge is 0.320 e. The van der Waals surface area contributed by atoms with Gasteiger partial charge in [0.05, 0.1) is 20.1 Å². The van der Waals surface area contributed by atoms with Crippen LogP contribution in [0.25, 0.3) is 0 Å². The number of rotatable bonds is 6. The third-order valence-electron chi connectivity index (χ3n) is 3.48. The number of methoxy groups -OCH3 is 2. The zero-order valence-electron chi connectivity index (χ0n) is 12.5. The molecule has 1 aromatic rings. The molecule has 1 aliphatic heterocycles. The molecule has 23 heavy (non-hydrogen) atoms. The number of hydrogen-bond acceptors (Lipinski definition) is 8. The van der Waals surface area contributed by atoms with Crippen molar-refractivity contribution in [1.29, 1.82) is 0 Å². The van der Waals surface area contributed by atoms with Crippen LogP contribution in [-0.2, 0) is 19.1 Å². The van der Waals surface area contributed by atoms with Crippen molar-refractivity contribution in [3.63, 3.8) is 0 Å². The van der Waals surface area contributed by atoms with Crippen molar-refractivity contribution >= 4 is 11.9 Å². The Hall–Kier alpha value is -2.84. The van der Waals surface area contributed by atoms with E-state index in [0.29, 0.717) is 17.1 Å². The van der Waals surface area contributed by atoms with Gasteiger partial charge < -0.3 is 18.9 Å². The SMILES string of the molecule is COC(=O)C(C(=O)OC)[C@@H](C[N+](=O)[O-])c1ccc2c(c1)OCO2. The Labute approximate surface area is 131 Å². The van der Waals surface area contributed by atoms with E-state index >= 15 is 0 Å². The lowest BCUT2D eigenvalue weighted by Crippen LogP contribution is -2.35. The lowest BCUT2D eigenvalue weighted by Gasteiger charge is -2.20. The van der Waals surface area contributed by atoms with Crippen LogP contribution in [-0.4, -0.2) is 44.4 Å². The number of esters is 2. The molecule has 0 spiro atoms. The molecule has 9 nitrogen and oxygen atoms in total. The summed E-state index contributed by atoms with van der Waals surface area (Å²) in [5, 5.41) is 11.0. The molecule has 0 unspecified atom stereocenters. The van der Waals surface area contributed by atoms with Gasteiger partial charge in [0.15, 0.2) is 17.4 Å². The highest BCUT2D eigenvalue weighted by Gasteiger charge is 2.41. The summed E-state index contributed by atoms with van der Waals surface area (Å²) in [6.07, 6.45) is 0. The number of carbonyl (C=O) groups is 2. The first-order valence-corrected chi connectivity index (χ1v) is 6.65. The second-order valence-electron chi connectivity index (χ2n) is 4.76. The van der Waals surface area contributed by atoms with Gasteiger partial charge >= 0.3 is 11.9 Å². The molecular weight excluding hydrogens is 310 g/mol. The summed E-state index contributed by atoms with van der Waals surface area (Å²) in [5.74, 6) is -3.43. The maximum Gasteiger partial charge on any atom is 0.320 e. The standard InChI is InChI=1S/C14H15NO8/c1-20-13(16)12(14(17)21-2)9(6-15(18)19)8-3-4-10-11(5-8)23-7-22-10/h3-5,9,12H,6-7H2,1-2H3/t9-/m0/s1. The van der Waals surface area contributed by atoms with Crippen molar-refractivity contribution in [1.82, 2.24) is 0 Å². The van der Waals surface area contributed by atoms with E-state index in [4.69, 9.17) is 9.47 Å².